The average molecular weight is 590 g/mol. The van der Waals surface area contributed by atoms with Crippen LogP contribution in [0.15, 0.2) is 41.1 Å². The molecule has 2 aromatic heterocycles. The lowest BCUT2D eigenvalue weighted by atomic mass is 9.93. The van der Waals surface area contributed by atoms with Crippen molar-refractivity contribution >= 4 is 17.5 Å². The number of nitrogens with one attached hydrogen (secondary N) is 2. The minimum atomic E-state index is -0.676. The number of amides is 1. The van der Waals surface area contributed by atoms with E-state index in [2.05, 4.69) is 49.5 Å². The standard InChI is InChI=1S/C32H43N7O4/c1-22-29(43-21-34-22)20-42-28-7-6-24-18-38(9-8-23(24)14-28)19-27(40)17-33-32(41)25-15-30(35-26-4-3-5-26)36-31(16-25)39-12-10-37(2)11-13-39/h6-7,14-16,21,26-27,40H,3-5,8-13,17-20H2,1-2H3,(H,33,41)(H,35,36)/t27-/m0/s1. The maximum atomic E-state index is 13.3. The average Bonchev–Trinajstić information content (AvgIpc) is 3.41. The third-order valence-electron chi connectivity index (χ3n) is 8.81. The van der Waals surface area contributed by atoms with Crippen LogP contribution in [0.1, 0.15) is 52.2 Å². The maximum absolute atomic E-state index is 13.3. The molecule has 1 saturated heterocycles. The van der Waals surface area contributed by atoms with Gasteiger partial charge in [0.15, 0.2) is 12.2 Å². The van der Waals surface area contributed by atoms with Crippen LogP contribution in [-0.2, 0) is 19.6 Å². The lowest BCUT2D eigenvalue weighted by Crippen LogP contribution is -2.45. The molecule has 1 amide bonds. The Bertz CT molecular complexity index is 1400. The molecule has 1 atom stereocenters. The number of likely N-dealkylation sites (N-methyl/N-ethyl adjacent to an activating group) is 1. The number of aromatic nitrogens is 2. The van der Waals surface area contributed by atoms with E-state index in [0.717, 1.165) is 87.4 Å². The zero-order valence-electron chi connectivity index (χ0n) is 25.2. The van der Waals surface area contributed by atoms with Crippen molar-refractivity contribution in [3.05, 3.63) is 64.9 Å². The molecule has 0 unspecified atom stereocenters. The number of hydrogen-bond donors (Lipinski definition) is 3. The molecule has 0 spiro atoms. The number of pyridine rings is 1. The number of hydrogen-bond acceptors (Lipinski definition) is 10. The number of aliphatic hydroxyl groups is 1. The van der Waals surface area contributed by atoms with Crippen LogP contribution in [-0.4, -0.2) is 95.8 Å². The minimum Gasteiger partial charge on any atom is -0.486 e. The van der Waals surface area contributed by atoms with Crippen molar-refractivity contribution in [2.75, 3.05) is 63.1 Å². The van der Waals surface area contributed by atoms with E-state index in [9.17, 15) is 9.90 Å². The van der Waals surface area contributed by atoms with Gasteiger partial charge in [-0.05, 0) is 75.0 Å². The van der Waals surface area contributed by atoms with Crippen molar-refractivity contribution in [1.29, 1.82) is 0 Å². The molecule has 3 aromatic rings. The van der Waals surface area contributed by atoms with Gasteiger partial charge in [0.25, 0.3) is 5.91 Å². The van der Waals surface area contributed by atoms with Crippen LogP contribution in [0.25, 0.3) is 0 Å². The highest BCUT2D eigenvalue weighted by atomic mass is 16.5. The van der Waals surface area contributed by atoms with Gasteiger partial charge in [-0.25, -0.2) is 9.97 Å². The monoisotopic (exact) mass is 589 g/mol. The molecule has 43 heavy (non-hydrogen) atoms. The number of carbonyl (C=O) groups is 1. The molecule has 2 aliphatic heterocycles. The summed E-state index contributed by atoms with van der Waals surface area (Å²) < 4.78 is 11.3. The van der Waals surface area contributed by atoms with Crippen LogP contribution in [0.3, 0.4) is 0 Å². The van der Waals surface area contributed by atoms with Gasteiger partial charge in [-0.1, -0.05) is 6.07 Å². The lowest BCUT2D eigenvalue weighted by molar-refractivity contribution is 0.0841. The number of benzene rings is 1. The SMILES string of the molecule is Cc1ncoc1COc1ccc2c(c1)CCN(C[C@@H](O)CNC(=O)c1cc(NC3CCC3)nc(N3CCN(C)CC3)c1)C2. The molecular formula is C32H43N7O4. The first-order valence-corrected chi connectivity index (χ1v) is 15.4. The van der Waals surface area contributed by atoms with Crippen LogP contribution < -0.4 is 20.3 Å². The predicted octanol–water partition coefficient (Wildman–Crippen LogP) is 2.82. The number of aryl methyl sites for hydroxylation is 1. The molecule has 1 saturated carbocycles. The largest absolute Gasteiger partial charge is 0.486 e. The topological polar surface area (TPSA) is 119 Å². The summed E-state index contributed by atoms with van der Waals surface area (Å²) >= 11 is 0. The summed E-state index contributed by atoms with van der Waals surface area (Å²) in [4.78, 5) is 29.0. The summed E-state index contributed by atoms with van der Waals surface area (Å²) in [6, 6.07) is 10.3. The number of ether oxygens (including phenoxy) is 1. The number of rotatable bonds is 11. The number of oxazole rings is 1. The van der Waals surface area contributed by atoms with Crippen molar-refractivity contribution in [2.45, 2.75) is 57.9 Å². The Morgan fingerprint density at radius 2 is 1.98 bits per heavy atom. The van der Waals surface area contributed by atoms with Crippen molar-refractivity contribution in [3.8, 4) is 5.75 Å². The predicted molar refractivity (Wildman–Crippen MR) is 165 cm³/mol. The fraction of sp³-hybridized carbons (Fsp3) is 0.531. The van der Waals surface area contributed by atoms with E-state index in [1.54, 1.807) is 0 Å². The molecular weight excluding hydrogens is 546 g/mol. The van der Waals surface area contributed by atoms with Gasteiger partial charge in [0, 0.05) is 64.0 Å². The number of aliphatic hydroxyl groups excluding tert-OH is 1. The summed E-state index contributed by atoms with van der Waals surface area (Å²) in [6.07, 6.45) is 5.12. The molecule has 6 rings (SSSR count). The Morgan fingerprint density at radius 3 is 2.72 bits per heavy atom. The number of nitrogens with zero attached hydrogens (tertiary/aromatic N) is 5. The minimum absolute atomic E-state index is 0.188. The fourth-order valence-corrected chi connectivity index (χ4v) is 5.80. The molecule has 230 valence electrons. The molecule has 11 heteroatoms. The first-order valence-electron chi connectivity index (χ1n) is 15.4. The molecule has 3 N–H and O–H groups in total. The fourth-order valence-electron chi connectivity index (χ4n) is 5.80. The van der Waals surface area contributed by atoms with Crippen LogP contribution in [0, 0.1) is 6.92 Å². The summed E-state index contributed by atoms with van der Waals surface area (Å²) in [6.45, 7) is 8.20. The first kappa shape index (κ1) is 29.4. The van der Waals surface area contributed by atoms with Crippen molar-refractivity contribution in [3.63, 3.8) is 0 Å². The van der Waals surface area contributed by atoms with Crippen LogP contribution in [0.5, 0.6) is 5.75 Å². The quantitative estimate of drug-likeness (QED) is 0.308. The van der Waals surface area contributed by atoms with Crippen molar-refractivity contribution in [1.82, 2.24) is 25.1 Å². The molecule has 3 aliphatic rings. The van der Waals surface area contributed by atoms with Crippen LogP contribution in [0.2, 0.25) is 0 Å². The third kappa shape index (κ3) is 7.46. The molecule has 0 radical (unpaired) electrons. The summed E-state index contributed by atoms with van der Waals surface area (Å²) in [7, 11) is 2.13. The molecule has 4 heterocycles. The lowest BCUT2D eigenvalue weighted by Gasteiger charge is -2.34. The second-order valence-electron chi connectivity index (χ2n) is 12.1. The molecule has 2 fully saturated rings. The smallest absolute Gasteiger partial charge is 0.251 e. The Hall–Kier alpha value is -3.67. The van der Waals surface area contributed by atoms with Crippen LogP contribution in [0.4, 0.5) is 11.6 Å². The number of anilines is 2. The zero-order valence-corrected chi connectivity index (χ0v) is 25.2. The van der Waals surface area contributed by atoms with Gasteiger partial charge < -0.3 is 34.7 Å². The summed E-state index contributed by atoms with van der Waals surface area (Å²) in [5, 5.41) is 17.3. The summed E-state index contributed by atoms with van der Waals surface area (Å²) in [5.41, 5.74) is 3.89. The van der Waals surface area contributed by atoms with Crippen molar-refractivity contribution in [2.24, 2.45) is 0 Å². The van der Waals surface area contributed by atoms with Gasteiger partial charge in [-0.15, -0.1) is 0 Å². The molecule has 11 nitrogen and oxygen atoms in total. The van der Waals surface area contributed by atoms with E-state index < -0.39 is 6.10 Å². The maximum Gasteiger partial charge on any atom is 0.251 e. The van der Waals surface area contributed by atoms with E-state index in [0.29, 0.717) is 24.8 Å². The van der Waals surface area contributed by atoms with E-state index in [4.69, 9.17) is 14.1 Å². The zero-order chi connectivity index (χ0) is 29.8. The number of β-amino-alcohol motifs (C(OH)–C–C–N with tert-alkyl or cyclic N) is 1. The van der Waals surface area contributed by atoms with Gasteiger partial charge in [0.05, 0.1) is 11.8 Å². The Kier molecular flexibility index (Phi) is 9.11. The van der Waals surface area contributed by atoms with Gasteiger partial charge in [0.1, 0.15) is 24.0 Å². The van der Waals surface area contributed by atoms with Crippen molar-refractivity contribution < 1.29 is 19.1 Å². The van der Waals surface area contributed by atoms with E-state index in [1.807, 2.05) is 25.1 Å². The highest BCUT2D eigenvalue weighted by Gasteiger charge is 2.23. The normalized spacial score (nSPS) is 18.5. The Morgan fingerprint density at radius 1 is 1.14 bits per heavy atom. The van der Waals surface area contributed by atoms with Gasteiger partial charge in [0.2, 0.25) is 0 Å². The number of carbonyl (C=O) groups excluding carboxylic acids is 1. The van der Waals surface area contributed by atoms with E-state index >= 15 is 0 Å². The highest BCUT2D eigenvalue weighted by Crippen LogP contribution is 2.27. The highest BCUT2D eigenvalue weighted by molar-refractivity contribution is 5.95. The first-order chi connectivity index (χ1) is 20.9. The second kappa shape index (κ2) is 13.3. The van der Waals surface area contributed by atoms with Gasteiger partial charge >= 0.3 is 0 Å². The Balaban J connectivity index is 1.01. The number of fused-ring (bicyclic) bond motifs is 1. The molecule has 0 bridgehead atoms. The summed E-state index contributed by atoms with van der Waals surface area (Å²) in [5.74, 6) is 2.93. The van der Waals surface area contributed by atoms with E-state index in [-0.39, 0.29) is 12.5 Å². The van der Waals surface area contributed by atoms with E-state index in [1.165, 1.54) is 23.9 Å². The second-order valence-corrected chi connectivity index (χ2v) is 12.1. The third-order valence-corrected chi connectivity index (χ3v) is 8.81. The van der Waals surface area contributed by atoms with Gasteiger partial charge in [-0.3, -0.25) is 9.69 Å². The molecule has 1 aromatic carbocycles. The molecule has 1 aliphatic carbocycles. The number of piperazine rings is 1. The van der Waals surface area contributed by atoms with Gasteiger partial charge in [-0.2, -0.15) is 0 Å². The Labute approximate surface area is 253 Å². The van der Waals surface area contributed by atoms with Crippen LogP contribution >= 0.6 is 0 Å².